The third-order valence-corrected chi connectivity index (χ3v) is 5.51. The number of ether oxygens (including phenoxy) is 2. The smallest absolute Gasteiger partial charge is 0.289 e. The maximum absolute atomic E-state index is 13.8. The van der Waals surface area contributed by atoms with Gasteiger partial charge in [-0.25, -0.2) is 8.78 Å². The van der Waals surface area contributed by atoms with E-state index in [1.165, 1.54) is 6.07 Å². The SMILES string of the molecule is O=C(c1ccc(COc2ccc(Br)cc2)o1)N1CCC(Oc2ccc(F)cc2F)CC1. The Morgan fingerprint density at radius 2 is 1.81 bits per heavy atom. The molecular weight excluding hydrogens is 472 g/mol. The second-order valence-corrected chi connectivity index (χ2v) is 8.11. The molecule has 0 radical (unpaired) electrons. The summed E-state index contributed by atoms with van der Waals surface area (Å²) < 4.78 is 44.7. The van der Waals surface area contributed by atoms with Crippen LogP contribution in [0.3, 0.4) is 0 Å². The number of rotatable bonds is 6. The quantitative estimate of drug-likeness (QED) is 0.451. The predicted octanol–water partition coefficient (Wildman–Crippen LogP) is 5.58. The Labute approximate surface area is 186 Å². The van der Waals surface area contributed by atoms with E-state index < -0.39 is 11.6 Å². The Balaban J connectivity index is 1.28. The largest absolute Gasteiger partial charge is 0.487 e. The van der Waals surface area contributed by atoms with E-state index in [1.807, 2.05) is 24.3 Å². The number of hydrogen-bond donors (Lipinski definition) is 0. The van der Waals surface area contributed by atoms with Gasteiger partial charge in [0.25, 0.3) is 5.91 Å². The van der Waals surface area contributed by atoms with Crippen molar-refractivity contribution in [2.45, 2.75) is 25.6 Å². The topological polar surface area (TPSA) is 51.9 Å². The van der Waals surface area contributed by atoms with Gasteiger partial charge < -0.3 is 18.8 Å². The molecule has 1 amide bonds. The van der Waals surface area contributed by atoms with Crippen molar-refractivity contribution in [1.29, 1.82) is 0 Å². The molecule has 2 heterocycles. The number of furan rings is 1. The Morgan fingerprint density at radius 1 is 1.06 bits per heavy atom. The average molecular weight is 492 g/mol. The van der Waals surface area contributed by atoms with Crippen LogP contribution in [0.5, 0.6) is 11.5 Å². The molecule has 8 heteroatoms. The van der Waals surface area contributed by atoms with Crippen molar-refractivity contribution in [2.75, 3.05) is 13.1 Å². The van der Waals surface area contributed by atoms with Crippen molar-refractivity contribution < 1.29 is 27.5 Å². The number of benzene rings is 2. The number of amides is 1. The lowest BCUT2D eigenvalue weighted by molar-refractivity contribution is 0.0556. The highest BCUT2D eigenvalue weighted by Crippen LogP contribution is 2.24. The molecule has 2 aromatic carbocycles. The van der Waals surface area contributed by atoms with Gasteiger partial charge >= 0.3 is 0 Å². The van der Waals surface area contributed by atoms with Crippen molar-refractivity contribution >= 4 is 21.8 Å². The number of carbonyl (C=O) groups is 1. The van der Waals surface area contributed by atoms with E-state index >= 15 is 0 Å². The van der Waals surface area contributed by atoms with Gasteiger partial charge in [-0.1, -0.05) is 15.9 Å². The van der Waals surface area contributed by atoms with E-state index in [0.29, 0.717) is 37.4 Å². The summed E-state index contributed by atoms with van der Waals surface area (Å²) in [6, 6.07) is 14.0. The highest BCUT2D eigenvalue weighted by Gasteiger charge is 2.27. The zero-order chi connectivity index (χ0) is 21.8. The second-order valence-electron chi connectivity index (χ2n) is 7.19. The molecule has 1 fully saturated rings. The fourth-order valence-corrected chi connectivity index (χ4v) is 3.60. The molecule has 3 aromatic rings. The molecule has 1 aliphatic heterocycles. The van der Waals surface area contributed by atoms with Gasteiger partial charge in [0.2, 0.25) is 0 Å². The molecule has 1 aromatic heterocycles. The first kappa shape index (κ1) is 21.4. The van der Waals surface area contributed by atoms with Crippen molar-refractivity contribution in [3.8, 4) is 11.5 Å². The molecule has 0 aliphatic carbocycles. The predicted molar refractivity (Wildman–Crippen MR) is 113 cm³/mol. The fraction of sp³-hybridized carbons (Fsp3) is 0.261. The number of hydrogen-bond acceptors (Lipinski definition) is 4. The monoisotopic (exact) mass is 491 g/mol. The summed E-state index contributed by atoms with van der Waals surface area (Å²) in [6.07, 6.45) is 0.849. The van der Waals surface area contributed by atoms with Gasteiger partial charge in [0.1, 0.15) is 30.0 Å². The molecule has 0 saturated carbocycles. The summed E-state index contributed by atoms with van der Waals surface area (Å²) in [5.41, 5.74) is 0. The van der Waals surface area contributed by atoms with Gasteiger partial charge in [-0.05, 0) is 48.5 Å². The summed E-state index contributed by atoms with van der Waals surface area (Å²) in [5, 5.41) is 0. The fourth-order valence-electron chi connectivity index (χ4n) is 3.34. The Kier molecular flexibility index (Phi) is 6.56. The minimum atomic E-state index is -0.730. The van der Waals surface area contributed by atoms with Gasteiger partial charge in [-0.3, -0.25) is 4.79 Å². The van der Waals surface area contributed by atoms with Gasteiger partial charge in [0.15, 0.2) is 17.3 Å². The second kappa shape index (κ2) is 9.51. The van der Waals surface area contributed by atoms with Crippen LogP contribution >= 0.6 is 15.9 Å². The maximum Gasteiger partial charge on any atom is 0.289 e. The minimum absolute atomic E-state index is 0.0210. The summed E-state index contributed by atoms with van der Waals surface area (Å²) >= 11 is 3.37. The number of nitrogens with zero attached hydrogens (tertiary/aromatic N) is 1. The minimum Gasteiger partial charge on any atom is -0.487 e. The van der Waals surface area contributed by atoms with Crippen molar-refractivity contribution in [2.24, 2.45) is 0 Å². The van der Waals surface area contributed by atoms with Crippen molar-refractivity contribution in [3.63, 3.8) is 0 Å². The zero-order valence-corrected chi connectivity index (χ0v) is 18.1. The molecule has 0 spiro atoms. The van der Waals surface area contributed by atoms with E-state index in [9.17, 15) is 13.6 Å². The molecule has 0 bridgehead atoms. The molecule has 0 N–H and O–H groups in total. The van der Waals surface area contributed by atoms with E-state index in [-0.39, 0.29) is 30.1 Å². The molecule has 0 unspecified atom stereocenters. The van der Waals surface area contributed by atoms with Crippen LogP contribution in [0.1, 0.15) is 29.2 Å². The number of halogens is 3. The summed E-state index contributed by atoms with van der Waals surface area (Å²) in [7, 11) is 0. The average Bonchev–Trinajstić information content (AvgIpc) is 3.24. The normalized spacial score (nSPS) is 14.5. The molecule has 0 atom stereocenters. The maximum atomic E-state index is 13.8. The van der Waals surface area contributed by atoms with Crippen LogP contribution in [0, 0.1) is 11.6 Å². The summed E-state index contributed by atoms with van der Waals surface area (Å²) in [4.78, 5) is 14.4. The zero-order valence-electron chi connectivity index (χ0n) is 16.5. The van der Waals surface area contributed by atoms with Gasteiger partial charge in [0.05, 0.1) is 0 Å². The first-order valence-corrected chi connectivity index (χ1v) is 10.7. The summed E-state index contributed by atoms with van der Waals surface area (Å²) in [6.45, 7) is 1.13. The lowest BCUT2D eigenvalue weighted by Gasteiger charge is -2.31. The summed E-state index contributed by atoms with van der Waals surface area (Å²) in [5.74, 6) is -0.0620. The highest BCUT2D eigenvalue weighted by molar-refractivity contribution is 9.10. The van der Waals surface area contributed by atoms with Gasteiger partial charge in [-0.15, -0.1) is 0 Å². The molecular formula is C23H20BrF2NO4. The van der Waals surface area contributed by atoms with Crippen molar-refractivity contribution in [3.05, 3.63) is 82.2 Å². The van der Waals surface area contributed by atoms with Gasteiger partial charge in [-0.2, -0.15) is 0 Å². The van der Waals surface area contributed by atoms with E-state index in [2.05, 4.69) is 15.9 Å². The first-order chi connectivity index (χ1) is 15.0. The molecule has 5 nitrogen and oxygen atoms in total. The van der Waals surface area contributed by atoms with Crippen LogP contribution in [0.15, 0.2) is 63.5 Å². The van der Waals surface area contributed by atoms with Crippen LogP contribution in [0.4, 0.5) is 8.78 Å². The molecule has 1 aliphatic rings. The molecule has 31 heavy (non-hydrogen) atoms. The van der Waals surface area contributed by atoms with Crippen molar-refractivity contribution in [1.82, 2.24) is 4.90 Å². The van der Waals surface area contributed by atoms with Crippen LogP contribution in [-0.2, 0) is 6.61 Å². The van der Waals surface area contributed by atoms with Crippen LogP contribution < -0.4 is 9.47 Å². The highest BCUT2D eigenvalue weighted by atomic mass is 79.9. The van der Waals surface area contributed by atoms with Crippen LogP contribution in [0.25, 0.3) is 0 Å². The molecule has 4 rings (SSSR count). The Bertz CT molecular complexity index is 1050. The number of piperidine rings is 1. The van der Waals surface area contributed by atoms with E-state index in [0.717, 1.165) is 16.6 Å². The molecule has 1 saturated heterocycles. The third-order valence-electron chi connectivity index (χ3n) is 4.98. The lowest BCUT2D eigenvalue weighted by atomic mass is 10.1. The number of carbonyl (C=O) groups excluding carboxylic acids is 1. The molecule has 162 valence electrons. The van der Waals surface area contributed by atoms with E-state index in [1.54, 1.807) is 17.0 Å². The standard InChI is InChI=1S/C23H20BrF2NO4/c24-15-1-4-17(5-2-15)29-14-19-6-8-22(31-19)23(28)27-11-9-18(10-12-27)30-21-7-3-16(25)13-20(21)26/h1-8,13,18H,9-12,14H2. The van der Waals surface area contributed by atoms with Gasteiger partial charge in [0, 0.05) is 36.5 Å². The Hall–Kier alpha value is -2.87. The Morgan fingerprint density at radius 3 is 2.52 bits per heavy atom. The first-order valence-electron chi connectivity index (χ1n) is 9.86. The van der Waals surface area contributed by atoms with Crippen LogP contribution in [0.2, 0.25) is 0 Å². The lowest BCUT2D eigenvalue weighted by Crippen LogP contribution is -2.41. The van der Waals surface area contributed by atoms with Crippen LogP contribution in [-0.4, -0.2) is 30.0 Å². The van der Waals surface area contributed by atoms with E-state index in [4.69, 9.17) is 13.9 Å². The third kappa shape index (κ3) is 5.44. The number of likely N-dealkylation sites (tertiary alicyclic amines) is 1.